The van der Waals surface area contributed by atoms with E-state index >= 15 is 0 Å². The van der Waals surface area contributed by atoms with Crippen molar-refractivity contribution in [3.63, 3.8) is 0 Å². The van der Waals surface area contributed by atoms with Crippen molar-refractivity contribution in [2.24, 2.45) is 5.73 Å². The number of carbonyl (C=O) groups excluding carboxylic acids is 1. The third-order valence-corrected chi connectivity index (χ3v) is 3.36. The van der Waals surface area contributed by atoms with E-state index in [1.807, 2.05) is 24.0 Å². The number of rotatable bonds is 7. The van der Waals surface area contributed by atoms with Crippen molar-refractivity contribution in [3.8, 4) is 0 Å². The fourth-order valence-corrected chi connectivity index (χ4v) is 1.96. The highest BCUT2D eigenvalue weighted by Gasteiger charge is 2.17. The topological polar surface area (TPSA) is 55.6 Å². The van der Waals surface area contributed by atoms with Gasteiger partial charge in [-0.25, -0.2) is 0 Å². The molecule has 1 atom stereocenters. The minimum atomic E-state index is -0.196. The lowest BCUT2D eigenvalue weighted by Crippen LogP contribution is -2.35. The van der Waals surface area contributed by atoms with E-state index in [1.165, 1.54) is 11.1 Å². The largest absolute Gasteiger partial charge is 0.380 e. The molecule has 114 valence electrons. The second kappa shape index (κ2) is 9.75. The summed E-state index contributed by atoms with van der Waals surface area (Å²) in [5, 5.41) is 0. The van der Waals surface area contributed by atoms with Gasteiger partial charge in [0.25, 0.3) is 0 Å². The fourth-order valence-electron chi connectivity index (χ4n) is 1.96. The van der Waals surface area contributed by atoms with Crippen molar-refractivity contribution in [1.29, 1.82) is 0 Å². The molecule has 0 aliphatic rings. The third kappa shape index (κ3) is 5.49. The summed E-state index contributed by atoms with van der Waals surface area (Å²) >= 11 is 0. The van der Waals surface area contributed by atoms with Crippen LogP contribution < -0.4 is 5.73 Å². The Morgan fingerprint density at radius 1 is 1.40 bits per heavy atom. The number of ether oxygens (including phenoxy) is 1. The number of hydrogen-bond acceptors (Lipinski definition) is 3. The van der Waals surface area contributed by atoms with Gasteiger partial charge in [0.1, 0.15) is 0 Å². The van der Waals surface area contributed by atoms with Crippen LogP contribution in [0.2, 0.25) is 0 Å². The van der Waals surface area contributed by atoms with E-state index < -0.39 is 0 Å². The van der Waals surface area contributed by atoms with Crippen LogP contribution in [-0.4, -0.2) is 37.1 Å². The first-order valence-electron chi connectivity index (χ1n) is 6.67. The van der Waals surface area contributed by atoms with Gasteiger partial charge in [0.05, 0.1) is 12.5 Å². The van der Waals surface area contributed by atoms with E-state index in [0.717, 1.165) is 0 Å². The molecule has 1 unspecified atom stereocenters. The first kappa shape index (κ1) is 18.9. The number of amides is 1. The predicted octanol–water partition coefficient (Wildman–Crippen LogP) is 2.13. The van der Waals surface area contributed by atoms with Crippen molar-refractivity contribution >= 4 is 18.3 Å². The Morgan fingerprint density at radius 2 is 2.05 bits per heavy atom. The highest BCUT2D eigenvalue weighted by molar-refractivity contribution is 5.85. The Hall–Kier alpha value is -1.10. The van der Waals surface area contributed by atoms with Crippen molar-refractivity contribution in [2.75, 3.05) is 20.2 Å². The fraction of sp³-hybridized carbons (Fsp3) is 0.533. The van der Waals surface area contributed by atoms with Crippen molar-refractivity contribution in [2.45, 2.75) is 32.9 Å². The van der Waals surface area contributed by atoms with Crippen LogP contribution in [0.4, 0.5) is 0 Å². The van der Waals surface area contributed by atoms with Gasteiger partial charge < -0.3 is 15.4 Å². The molecule has 1 aromatic carbocycles. The Bertz CT molecular complexity index is 409. The number of methoxy groups -OCH3 is 1. The van der Waals surface area contributed by atoms with Gasteiger partial charge in [-0.2, -0.15) is 0 Å². The summed E-state index contributed by atoms with van der Waals surface area (Å²) in [7, 11) is 1.59. The number of carbonyl (C=O) groups is 1. The van der Waals surface area contributed by atoms with Gasteiger partial charge in [-0.1, -0.05) is 24.3 Å². The monoisotopic (exact) mass is 300 g/mol. The Morgan fingerprint density at radius 3 is 2.55 bits per heavy atom. The maximum Gasteiger partial charge on any atom is 0.225 e. The lowest BCUT2D eigenvalue weighted by Gasteiger charge is -2.24. The average molecular weight is 301 g/mol. The summed E-state index contributed by atoms with van der Waals surface area (Å²) in [6.07, 6.45) is 0.144. The molecule has 0 heterocycles. The van der Waals surface area contributed by atoms with Gasteiger partial charge in [-0.3, -0.25) is 4.79 Å². The maximum atomic E-state index is 12.2. The van der Waals surface area contributed by atoms with Gasteiger partial charge in [0, 0.05) is 26.7 Å². The molecule has 4 nitrogen and oxygen atoms in total. The van der Waals surface area contributed by atoms with E-state index in [-0.39, 0.29) is 24.4 Å². The second-order valence-electron chi connectivity index (χ2n) is 4.63. The van der Waals surface area contributed by atoms with Crippen molar-refractivity contribution < 1.29 is 9.53 Å². The molecule has 0 radical (unpaired) electrons. The van der Waals surface area contributed by atoms with Crippen molar-refractivity contribution in [1.82, 2.24) is 4.90 Å². The van der Waals surface area contributed by atoms with E-state index in [1.54, 1.807) is 7.11 Å². The van der Waals surface area contributed by atoms with Gasteiger partial charge >= 0.3 is 0 Å². The van der Waals surface area contributed by atoms with Gasteiger partial charge in [0.2, 0.25) is 5.91 Å². The van der Waals surface area contributed by atoms with Crippen LogP contribution in [0.25, 0.3) is 0 Å². The number of halogens is 1. The molecule has 2 N–H and O–H groups in total. The van der Waals surface area contributed by atoms with Crippen LogP contribution in [0.15, 0.2) is 24.3 Å². The molecule has 1 aromatic rings. The van der Waals surface area contributed by atoms with Crippen LogP contribution in [0.5, 0.6) is 0 Å². The van der Waals surface area contributed by atoms with Crippen molar-refractivity contribution in [3.05, 3.63) is 35.4 Å². The molecule has 0 bridgehead atoms. The smallest absolute Gasteiger partial charge is 0.225 e. The number of nitrogens with two attached hydrogens (primary N) is 1. The molecular formula is C15H25ClN2O2. The molecule has 0 fully saturated rings. The predicted molar refractivity (Wildman–Crippen MR) is 84.0 cm³/mol. The molecule has 0 saturated heterocycles. The Balaban J connectivity index is 0.00000361. The number of hydrogen-bond donors (Lipinski definition) is 1. The standard InChI is InChI=1S/C15H24N2O2.ClH/c1-4-17(15(18)9-14(10-16)19-3)11-13-8-6-5-7-12(13)2;/h5-8,14H,4,9-11,16H2,1-3H3;1H. The molecule has 0 spiro atoms. The SMILES string of the molecule is CCN(Cc1ccccc1C)C(=O)CC(CN)OC.Cl. The van der Waals surface area contributed by atoms with E-state index in [2.05, 4.69) is 19.1 Å². The molecule has 0 aliphatic carbocycles. The van der Waals surface area contributed by atoms with Crippen LogP contribution in [0.3, 0.4) is 0 Å². The van der Waals surface area contributed by atoms with Crippen LogP contribution in [-0.2, 0) is 16.1 Å². The zero-order chi connectivity index (χ0) is 14.3. The zero-order valence-corrected chi connectivity index (χ0v) is 13.3. The minimum absolute atomic E-state index is 0. The maximum absolute atomic E-state index is 12.2. The number of aryl methyl sites for hydroxylation is 1. The third-order valence-electron chi connectivity index (χ3n) is 3.36. The lowest BCUT2D eigenvalue weighted by atomic mass is 10.1. The van der Waals surface area contributed by atoms with Crippen LogP contribution in [0.1, 0.15) is 24.5 Å². The molecular weight excluding hydrogens is 276 g/mol. The quantitative estimate of drug-likeness (QED) is 0.839. The summed E-state index contributed by atoms with van der Waals surface area (Å²) < 4.78 is 5.17. The molecule has 20 heavy (non-hydrogen) atoms. The Labute approximate surface area is 127 Å². The molecule has 1 rings (SSSR count). The summed E-state index contributed by atoms with van der Waals surface area (Å²) in [6.45, 7) is 5.74. The summed E-state index contributed by atoms with van der Waals surface area (Å²) in [4.78, 5) is 14.0. The van der Waals surface area contributed by atoms with Gasteiger partial charge in [-0.05, 0) is 25.0 Å². The summed E-state index contributed by atoms with van der Waals surface area (Å²) in [5.41, 5.74) is 7.94. The number of benzene rings is 1. The highest BCUT2D eigenvalue weighted by atomic mass is 35.5. The van der Waals surface area contributed by atoms with Gasteiger partial charge in [-0.15, -0.1) is 12.4 Å². The zero-order valence-electron chi connectivity index (χ0n) is 12.5. The Kier molecular flexibility index (Phi) is 9.21. The van der Waals surface area contributed by atoms with E-state index in [0.29, 0.717) is 26.1 Å². The van der Waals surface area contributed by atoms with E-state index in [9.17, 15) is 4.79 Å². The second-order valence-corrected chi connectivity index (χ2v) is 4.63. The first-order valence-corrected chi connectivity index (χ1v) is 6.67. The average Bonchev–Trinajstić information content (AvgIpc) is 2.43. The molecule has 1 amide bonds. The molecule has 0 aliphatic heterocycles. The van der Waals surface area contributed by atoms with Crippen LogP contribution in [0, 0.1) is 6.92 Å². The summed E-state index contributed by atoms with van der Waals surface area (Å²) in [6, 6.07) is 8.12. The molecule has 0 saturated carbocycles. The first-order chi connectivity index (χ1) is 9.12. The highest BCUT2D eigenvalue weighted by Crippen LogP contribution is 2.12. The lowest BCUT2D eigenvalue weighted by molar-refractivity contribution is -0.134. The van der Waals surface area contributed by atoms with E-state index in [4.69, 9.17) is 10.5 Å². The molecule has 0 aromatic heterocycles. The minimum Gasteiger partial charge on any atom is -0.380 e. The molecule has 5 heteroatoms. The number of nitrogens with zero attached hydrogens (tertiary/aromatic N) is 1. The van der Waals surface area contributed by atoms with Crippen LogP contribution >= 0.6 is 12.4 Å². The van der Waals surface area contributed by atoms with Gasteiger partial charge in [0.15, 0.2) is 0 Å². The summed E-state index contributed by atoms with van der Waals surface area (Å²) in [5.74, 6) is 0.0862. The normalized spacial score (nSPS) is 11.6.